The number of aliphatic hydroxyl groups is 1. The highest BCUT2D eigenvalue weighted by Crippen LogP contribution is 2.58. The van der Waals surface area contributed by atoms with Gasteiger partial charge in [-0.2, -0.15) is 0 Å². The third-order valence-corrected chi connectivity index (χ3v) is 10.0. The third kappa shape index (κ3) is 4.89. The van der Waals surface area contributed by atoms with E-state index in [-0.39, 0.29) is 37.4 Å². The largest absolute Gasteiger partial charge is 0.494 e. The predicted octanol–water partition coefficient (Wildman–Crippen LogP) is 3.79. The van der Waals surface area contributed by atoms with E-state index < -0.39 is 29.1 Å². The van der Waals surface area contributed by atoms with Gasteiger partial charge in [0.2, 0.25) is 11.8 Å². The van der Waals surface area contributed by atoms with Crippen molar-refractivity contribution in [2.75, 3.05) is 60.6 Å². The Labute approximate surface area is 270 Å². The predicted molar refractivity (Wildman–Crippen MR) is 177 cm³/mol. The van der Waals surface area contributed by atoms with Gasteiger partial charge < -0.3 is 34.2 Å². The van der Waals surface area contributed by atoms with Gasteiger partial charge in [0, 0.05) is 49.8 Å². The summed E-state index contributed by atoms with van der Waals surface area (Å²) in [6, 6.07) is 14.2. The first-order valence-corrected chi connectivity index (χ1v) is 16.5. The number of aliphatic hydroxyl groups excluding tert-OH is 1. The maximum atomic E-state index is 14.6. The first kappa shape index (κ1) is 31.8. The second-order valence-electron chi connectivity index (χ2n) is 12.2. The molecule has 4 heterocycles. The van der Waals surface area contributed by atoms with Crippen LogP contribution in [0.4, 0.5) is 17.1 Å². The van der Waals surface area contributed by atoms with Gasteiger partial charge in [-0.15, -0.1) is 0 Å². The quantitative estimate of drug-likeness (QED) is 0.400. The van der Waals surface area contributed by atoms with E-state index in [1.54, 1.807) is 9.80 Å². The molecule has 5 atom stereocenters. The molecule has 3 amide bonds. The average molecular weight is 629 g/mol. The van der Waals surface area contributed by atoms with Crippen LogP contribution in [0.3, 0.4) is 0 Å². The van der Waals surface area contributed by atoms with E-state index in [1.165, 1.54) is 4.90 Å². The first-order valence-electron chi connectivity index (χ1n) is 16.5. The summed E-state index contributed by atoms with van der Waals surface area (Å²) < 4.78 is 12.6. The van der Waals surface area contributed by atoms with Crippen molar-refractivity contribution in [3.63, 3.8) is 0 Å². The van der Waals surface area contributed by atoms with Gasteiger partial charge in [-0.1, -0.05) is 31.2 Å². The molecular weight excluding hydrogens is 584 g/mol. The Balaban J connectivity index is 1.40. The molecule has 2 aromatic rings. The van der Waals surface area contributed by atoms with Gasteiger partial charge in [-0.3, -0.25) is 14.4 Å². The van der Waals surface area contributed by atoms with Crippen LogP contribution in [-0.2, 0) is 19.1 Å². The SMILES string of the molecule is CCOc1ccc(N2CC=C[C@@]3(CC)O[C@]45C=CCN(c6ccc(N(CC)CC)cc6)C(=O)C4N(CCO)C(=O)[C@@H]5[C@H]3C2=O)cc1. The Morgan fingerprint density at radius 2 is 1.43 bits per heavy atom. The second-order valence-corrected chi connectivity index (χ2v) is 12.2. The van der Waals surface area contributed by atoms with Gasteiger partial charge in [-0.25, -0.2) is 0 Å². The summed E-state index contributed by atoms with van der Waals surface area (Å²) in [5.74, 6) is -2.00. The Bertz CT molecular complexity index is 1520. The molecule has 4 aliphatic rings. The van der Waals surface area contributed by atoms with E-state index in [4.69, 9.17) is 9.47 Å². The van der Waals surface area contributed by atoms with Crippen LogP contribution in [0.15, 0.2) is 72.8 Å². The number of nitrogens with zero attached hydrogens (tertiary/aromatic N) is 4. The van der Waals surface area contributed by atoms with Gasteiger partial charge >= 0.3 is 0 Å². The van der Waals surface area contributed by atoms with E-state index in [1.807, 2.05) is 86.7 Å². The van der Waals surface area contributed by atoms with Crippen LogP contribution >= 0.6 is 0 Å². The van der Waals surface area contributed by atoms with E-state index in [0.717, 1.165) is 18.8 Å². The highest BCUT2D eigenvalue weighted by Gasteiger charge is 2.75. The molecule has 1 unspecified atom stereocenters. The summed E-state index contributed by atoms with van der Waals surface area (Å²) >= 11 is 0. The molecule has 10 nitrogen and oxygen atoms in total. The number of benzene rings is 2. The fourth-order valence-corrected chi connectivity index (χ4v) is 7.89. The van der Waals surface area contributed by atoms with Crippen molar-refractivity contribution in [1.82, 2.24) is 4.90 Å². The van der Waals surface area contributed by atoms with Crippen molar-refractivity contribution in [3.8, 4) is 5.75 Å². The second kappa shape index (κ2) is 12.6. The van der Waals surface area contributed by atoms with Gasteiger partial charge in [0.1, 0.15) is 17.4 Å². The zero-order valence-electron chi connectivity index (χ0n) is 27.1. The summed E-state index contributed by atoms with van der Waals surface area (Å²) in [4.78, 5) is 50.8. The molecule has 1 N–H and O–H groups in total. The smallest absolute Gasteiger partial charge is 0.253 e. The number of carbonyl (C=O) groups excluding carboxylic acids is 3. The number of likely N-dealkylation sites (tertiary alicyclic amines) is 1. The minimum atomic E-state index is -1.39. The van der Waals surface area contributed by atoms with Gasteiger partial charge in [-0.05, 0) is 75.7 Å². The topological polar surface area (TPSA) is 103 Å². The molecule has 0 aliphatic carbocycles. The van der Waals surface area contributed by atoms with Crippen LogP contribution in [-0.4, -0.2) is 90.9 Å². The molecule has 0 bridgehead atoms. The van der Waals surface area contributed by atoms with E-state index >= 15 is 0 Å². The van der Waals surface area contributed by atoms with Gasteiger partial charge in [0.25, 0.3) is 5.91 Å². The molecule has 0 aromatic heterocycles. The van der Waals surface area contributed by atoms with Crippen LogP contribution in [0, 0.1) is 11.8 Å². The molecule has 2 aromatic carbocycles. The molecule has 4 aliphatic heterocycles. The maximum Gasteiger partial charge on any atom is 0.253 e. The number of hydrogen-bond acceptors (Lipinski definition) is 7. The van der Waals surface area contributed by atoms with Crippen molar-refractivity contribution in [3.05, 3.63) is 72.8 Å². The number of rotatable bonds is 10. The molecule has 10 heteroatoms. The number of fused-ring (bicyclic) bond motifs is 2. The summed E-state index contributed by atoms with van der Waals surface area (Å²) in [7, 11) is 0. The molecule has 244 valence electrons. The highest BCUT2D eigenvalue weighted by molar-refractivity contribution is 6.07. The summed E-state index contributed by atoms with van der Waals surface area (Å²) in [5.41, 5.74) is -0.0226. The number of carbonyl (C=O) groups is 3. The van der Waals surface area contributed by atoms with Crippen molar-refractivity contribution < 1.29 is 29.0 Å². The number of ether oxygens (including phenoxy) is 2. The third-order valence-electron chi connectivity index (χ3n) is 10.0. The molecule has 0 saturated carbocycles. The van der Waals surface area contributed by atoms with E-state index in [9.17, 15) is 19.5 Å². The van der Waals surface area contributed by atoms with Crippen LogP contribution < -0.4 is 19.4 Å². The Hall–Kier alpha value is -4.15. The monoisotopic (exact) mass is 628 g/mol. The molecule has 2 fully saturated rings. The lowest BCUT2D eigenvalue weighted by molar-refractivity contribution is -0.146. The van der Waals surface area contributed by atoms with Crippen molar-refractivity contribution >= 4 is 34.8 Å². The van der Waals surface area contributed by atoms with Crippen molar-refractivity contribution in [2.45, 2.75) is 51.4 Å². The van der Waals surface area contributed by atoms with Crippen LogP contribution in [0.25, 0.3) is 0 Å². The zero-order chi connectivity index (χ0) is 32.6. The number of anilines is 3. The lowest BCUT2D eigenvalue weighted by Gasteiger charge is -2.38. The fourth-order valence-electron chi connectivity index (χ4n) is 7.89. The minimum absolute atomic E-state index is 0.0437. The fraction of sp³-hybridized carbons (Fsp3) is 0.472. The van der Waals surface area contributed by atoms with Crippen molar-refractivity contribution in [1.29, 1.82) is 0 Å². The first-order chi connectivity index (χ1) is 22.3. The van der Waals surface area contributed by atoms with Gasteiger partial charge in [0.15, 0.2) is 0 Å². The lowest BCUT2D eigenvalue weighted by atomic mass is 9.73. The lowest BCUT2D eigenvalue weighted by Crippen LogP contribution is -2.56. The standard InChI is InChI=1S/C36H44N4O6/c1-5-35-19-9-21-38(27-15-17-28(18-16-27)45-8-4)32(42)29(35)30-33(43)40(23-24-41)31-34(44)39(22-10-20-36(30,31)46-35)26-13-11-25(12-14-26)37(6-2)7-3/h9-20,29-31,41H,5-8,21-24H2,1-4H3/t29-,30-,31?,35+,36-/m0/s1. The van der Waals surface area contributed by atoms with Crippen LogP contribution in [0.2, 0.25) is 0 Å². The molecule has 46 heavy (non-hydrogen) atoms. The Morgan fingerprint density at radius 3 is 2.02 bits per heavy atom. The van der Waals surface area contributed by atoms with Crippen LogP contribution in [0.5, 0.6) is 5.75 Å². The van der Waals surface area contributed by atoms with Crippen LogP contribution in [0.1, 0.15) is 34.1 Å². The van der Waals surface area contributed by atoms with E-state index in [2.05, 4.69) is 18.7 Å². The molecule has 6 rings (SSSR count). The molecular formula is C36H44N4O6. The molecule has 0 radical (unpaired) electrons. The zero-order valence-corrected chi connectivity index (χ0v) is 27.1. The van der Waals surface area contributed by atoms with Crippen molar-refractivity contribution in [2.24, 2.45) is 11.8 Å². The Kier molecular flexibility index (Phi) is 8.69. The average Bonchev–Trinajstić information content (AvgIpc) is 3.35. The summed E-state index contributed by atoms with van der Waals surface area (Å²) in [6.45, 7) is 10.6. The molecule has 1 spiro atoms. The highest BCUT2D eigenvalue weighted by atomic mass is 16.5. The minimum Gasteiger partial charge on any atom is -0.494 e. The van der Waals surface area contributed by atoms with Gasteiger partial charge in [0.05, 0.1) is 30.7 Å². The number of β-amino-alcohol motifs (C(OH)–C–C–N with tert-alkyl or cyclic N) is 1. The number of amides is 3. The maximum absolute atomic E-state index is 14.6. The summed E-state index contributed by atoms with van der Waals surface area (Å²) in [6.07, 6.45) is 8.01. The van der Waals surface area contributed by atoms with E-state index in [0.29, 0.717) is 36.7 Å². The number of hydrogen-bond donors (Lipinski definition) is 1. The summed E-state index contributed by atoms with van der Waals surface area (Å²) in [5, 5.41) is 10.1. The Morgan fingerprint density at radius 1 is 0.826 bits per heavy atom. The normalized spacial score (nSPS) is 28.6. The molecule has 2 saturated heterocycles.